The minimum atomic E-state index is 0.520. The van der Waals surface area contributed by atoms with E-state index in [1.807, 2.05) is 6.08 Å². The summed E-state index contributed by atoms with van der Waals surface area (Å²) in [5.41, 5.74) is 3.92. The third-order valence-corrected chi connectivity index (χ3v) is 2.30. The standard InChI is InChI=1S/C11H17N/c1-6-11-7-9(4)10(5)12(11)8(2)3/h6-8H,1H2,2-5H3. The van der Waals surface area contributed by atoms with Crippen LogP contribution in [0, 0.1) is 13.8 Å². The normalized spacial score (nSPS) is 10.8. The minimum Gasteiger partial charge on any atom is -0.343 e. The molecule has 1 nitrogen and oxygen atoms in total. The van der Waals surface area contributed by atoms with Gasteiger partial charge in [0.05, 0.1) is 0 Å². The molecule has 0 aliphatic heterocycles. The number of aryl methyl sites for hydroxylation is 1. The van der Waals surface area contributed by atoms with E-state index in [1.165, 1.54) is 17.0 Å². The Labute approximate surface area is 74.7 Å². The monoisotopic (exact) mass is 163 g/mol. The summed E-state index contributed by atoms with van der Waals surface area (Å²) in [5, 5.41) is 0. The lowest BCUT2D eigenvalue weighted by Gasteiger charge is -2.13. The summed E-state index contributed by atoms with van der Waals surface area (Å²) in [6.07, 6.45) is 1.92. The fourth-order valence-electron chi connectivity index (χ4n) is 1.62. The molecule has 0 saturated carbocycles. The van der Waals surface area contributed by atoms with Gasteiger partial charge in [-0.3, -0.25) is 0 Å². The van der Waals surface area contributed by atoms with Crippen molar-refractivity contribution < 1.29 is 0 Å². The lowest BCUT2D eigenvalue weighted by Crippen LogP contribution is -2.04. The molecule has 12 heavy (non-hydrogen) atoms. The third-order valence-electron chi connectivity index (χ3n) is 2.30. The Bertz CT molecular complexity index is 292. The Kier molecular flexibility index (Phi) is 2.41. The van der Waals surface area contributed by atoms with Gasteiger partial charge in [-0.2, -0.15) is 0 Å². The zero-order valence-corrected chi connectivity index (χ0v) is 8.39. The summed E-state index contributed by atoms with van der Waals surface area (Å²) < 4.78 is 2.31. The molecule has 0 N–H and O–H groups in total. The van der Waals surface area contributed by atoms with Crippen LogP contribution in [0.25, 0.3) is 6.08 Å². The zero-order chi connectivity index (χ0) is 9.30. The smallest absolute Gasteiger partial charge is 0.0407 e. The van der Waals surface area contributed by atoms with Crippen LogP contribution >= 0.6 is 0 Å². The molecule has 0 aromatic carbocycles. The first-order chi connectivity index (χ1) is 5.57. The molecule has 0 aliphatic rings. The second-order valence-corrected chi connectivity index (χ2v) is 3.51. The summed E-state index contributed by atoms with van der Waals surface area (Å²) in [6.45, 7) is 12.5. The van der Waals surface area contributed by atoms with Gasteiger partial charge < -0.3 is 4.57 Å². The Morgan fingerprint density at radius 3 is 2.33 bits per heavy atom. The lowest BCUT2D eigenvalue weighted by molar-refractivity contribution is 0.583. The Morgan fingerprint density at radius 2 is 2.00 bits per heavy atom. The Morgan fingerprint density at radius 1 is 1.42 bits per heavy atom. The number of rotatable bonds is 2. The average Bonchev–Trinajstić information content (AvgIpc) is 2.28. The van der Waals surface area contributed by atoms with Gasteiger partial charge in [0, 0.05) is 17.4 Å². The first-order valence-corrected chi connectivity index (χ1v) is 4.38. The van der Waals surface area contributed by atoms with Crippen LogP contribution in [0.5, 0.6) is 0 Å². The molecule has 1 heteroatoms. The summed E-state index contributed by atoms with van der Waals surface area (Å²) >= 11 is 0. The van der Waals surface area contributed by atoms with Gasteiger partial charge in [-0.1, -0.05) is 6.58 Å². The molecule has 0 spiro atoms. The molecule has 0 amide bonds. The van der Waals surface area contributed by atoms with Crippen LogP contribution in [-0.2, 0) is 0 Å². The number of hydrogen-bond donors (Lipinski definition) is 0. The Balaban J connectivity index is 3.30. The molecule has 0 aliphatic carbocycles. The molecule has 0 radical (unpaired) electrons. The molecule has 0 fully saturated rings. The highest BCUT2D eigenvalue weighted by atomic mass is 15.0. The van der Waals surface area contributed by atoms with Gasteiger partial charge in [-0.15, -0.1) is 0 Å². The summed E-state index contributed by atoms with van der Waals surface area (Å²) in [5.74, 6) is 0. The van der Waals surface area contributed by atoms with Crippen LogP contribution in [0.4, 0.5) is 0 Å². The average molecular weight is 163 g/mol. The largest absolute Gasteiger partial charge is 0.343 e. The van der Waals surface area contributed by atoms with Crippen LogP contribution in [0.1, 0.15) is 36.8 Å². The van der Waals surface area contributed by atoms with Gasteiger partial charge in [0.15, 0.2) is 0 Å². The van der Waals surface area contributed by atoms with E-state index in [0.717, 1.165) is 0 Å². The van der Waals surface area contributed by atoms with Gasteiger partial charge >= 0.3 is 0 Å². The molecule has 0 saturated heterocycles. The van der Waals surface area contributed by atoms with Crippen molar-refractivity contribution >= 4 is 6.08 Å². The molecule has 1 aromatic rings. The van der Waals surface area contributed by atoms with Crippen molar-refractivity contribution in [2.75, 3.05) is 0 Å². The molecular weight excluding hydrogens is 146 g/mol. The van der Waals surface area contributed by atoms with Crippen molar-refractivity contribution in [2.45, 2.75) is 33.7 Å². The summed E-state index contributed by atoms with van der Waals surface area (Å²) in [4.78, 5) is 0. The first kappa shape index (κ1) is 9.11. The van der Waals surface area contributed by atoms with Gasteiger partial charge in [0.1, 0.15) is 0 Å². The van der Waals surface area contributed by atoms with E-state index in [1.54, 1.807) is 0 Å². The van der Waals surface area contributed by atoms with Crippen LogP contribution < -0.4 is 0 Å². The number of aromatic nitrogens is 1. The van der Waals surface area contributed by atoms with Crippen molar-refractivity contribution in [2.24, 2.45) is 0 Å². The topological polar surface area (TPSA) is 4.93 Å². The van der Waals surface area contributed by atoms with E-state index >= 15 is 0 Å². The fourth-order valence-corrected chi connectivity index (χ4v) is 1.62. The maximum atomic E-state index is 3.81. The highest BCUT2D eigenvalue weighted by molar-refractivity contribution is 5.47. The second-order valence-electron chi connectivity index (χ2n) is 3.51. The first-order valence-electron chi connectivity index (χ1n) is 4.38. The zero-order valence-electron chi connectivity index (χ0n) is 8.39. The van der Waals surface area contributed by atoms with E-state index in [-0.39, 0.29) is 0 Å². The van der Waals surface area contributed by atoms with Crippen molar-refractivity contribution in [3.05, 3.63) is 29.6 Å². The summed E-state index contributed by atoms with van der Waals surface area (Å²) in [7, 11) is 0. The van der Waals surface area contributed by atoms with Crippen LogP contribution in [0.2, 0.25) is 0 Å². The molecule has 1 rings (SSSR count). The van der Waals surface area contributed by atoms with Gasteiger partial charge in [-0.05, 0) is 45.4 Å². The molecule has 0 bridgehead atoms. The van der Waals surface area contributed by atoms with Crippen molar-refractivity contribution in [1.29, 1.82) is 0 Å². The van der Waals surface area contributed by atoms with Gasteiger partial charge in [-0.25, -0.2) is 0 Å². The highest BCUT2D eigenvalue weighted by Gasteiger charge is 2.08. The van der Waals surface area contributed by atoms with E-state index in [4.69, 9.17) is 0 Å². The second kappa shape index (κ2) is 3.18. The maximum absolute atomic E-state index is 3.81. The predicted molar refractivity (Wildman–Crippen MR) is 54.4 cm³/mol. The molecule has 1 aromatic heterocycles. The van der Waals surface area contributed by atoms with Crippen molar-refractivity contribution in [3.63, 3.8) is 0 Å². The van der Waals surface area contributed by atoms with Crippen LogP contribution in [0.3, 0.4) is 0 Å². The highest BCUT2D eigenvalue weighted by Crippen LogP contribution is 2.20. The van der Waals surface area contributed by atoms with Crippen molar-refractivity contribution in [3.8, 4) is 0 Å². The fraction of sp³-hybridized carbons (Fsp3) is 0.455. The van der Waals surface area contributed by atoms with Gasteiger partial charge in [0.25, 0.3) is 0 Å². The molecule has 0 unspecified atom stereocenters. The number of hydrogen-bond acceptors (Lipinski definition) is 0. The SMILES string of the molecule is C=Cc1cc(C)c(C)n1C(C)C. The summed E-state index contributed by atoms with van der Waals surface area (Å²) in [6, 6.07) is 2.70. The predicted octanol–water partition coefficient (Wildman–Crippen LogP) is 3.33. The maximum Gasteiger partial charge on any atom is 0.0407 e. The third kappa shape index (κ3) is 1.31. The van der Waals surface area contributed by atoms with E-state index in [9.17, 15) is 0 Å². The molecule has 66 valence electrons. The van der Waals surface area contributed by atoms with E-state index in [2.05, 4.69) is 44.9 Å². The van der Waals surface area contributed by atoms with Crippen LogP contribution in [-0.4, -0.2) is 4.57 Å². The Hall–Kier alpha value is -0.980. The molecule has 0 atom stereocenters. The van der Waals surface area contributed by atoms with E-state index < -0.39 is 0 Å². The quantitative estimate of drug-likeness (QED) is 0.630. The van der Waals surface area contributed by atoms with Crippen molar-refractivity contribution in [1.82, 2.24) is 4.57 Å². The van der Waals surface area contributed by atoms with E-state index in [0.29, 0.717) is 6.04 Å². The lowest BCUT2D eigenvalue weighted by atomic mass is 10.3. The van der Waals surface area contributed by atoms with Crippen LogP contribution in [0.15, 0.2) is 12.6 Å². The van der Waals surface area contributed by atoms with Gasteiger partial charge in [0.2, 0.25) is 0 Å². The molecular formula is C11H17N. The minimum absolute atomic E-state index is 0.520. The molecule has 1 heterocycles. The number of nitrogens with zero attached hydrogens (tertiary/aromatic N) is 1.